The van der Waals surface area contributed by atoms with Gasteiger partial charge in [-0.2, -0.15) is 5.10 Å². The molecule has 1 heterocycles. The second-order valence-corrected chi connectivity index (χ2v) is 4.54. The van der Waals surface area contributed by atoms with Gasteiger partial charge in [0.05, 0.1) is 11.5 Å². The quantitative estimate of drug-likeness (QED) is 0.622. The minimum atomic E-state index is -0.361. The van der Waals surface area contributed by atoms with Crippen LogP contribution in [-0.2, 0) is 6.54 Å². The van der Waals surface area contributed by atoms with Gasteiger partial charge in [-0.15, -0.1) is 0 Å². The van der Waals surface area contributed by atoms with Gasteiger partial charge in [0.15, 0.2) is 0 Å². The van der Waals surface area contributed by atoms with Crippen LogP contribution in [0.2, 0.25) is 0 Å². The van der Waals surface area contributed by atoms with Crippen LogP contribution in [0.5, 0.6) is 0 Å². The molecule has 0 radical (unpaired) electrons. The summed E-state index contributed by atoms with van der Waals surface area (Å²) >= 11 is 0. The summed E-state index contributed by atoms with van der Waals surface area (Å²) in [6.07, 6.45) is 4.54. The number of nitro benzene ring substituents is 1. The Balaban J connectivity index is 1.97. The molecule has 1 aromatic heterocycles. The molecule has 6 nitrogen and oxygen atoms in total. The van der Waals surface area contributed by atoms with Crippen LogP contribution in [-0.4, -0.2) is 21.2 Å². The third-order valence-corrected chi connectivity index (χ3v) is 3.18. The fourth-order valence-corrected chi connectivity index (χ4v) is 2.14. The van der Waals surface area contributed by atoms with Crippen LogP contribution < -0.4 is 5.32 Å². The summed E-state index contributed by atoms with van der Waals surface area (Å²) in [6.45, 7) is 3.60. The van der Waals surface area contributed by atoms with Crippen LogP contribution in [0.15, 0.2) is 42.7 Å². The molecule has 2 rings (SSSR count). The normalized spacial score (nSPS) is 12.2. The van der Waals surface area contributed by atoms with Crippen LogP contribution >= 0.6 is 0 Å². The van der Waals surface area contributed by atoms with Crippen molar-refractivity contribution < 1.29 is 4.92 Å². The van der Waals surface area contributed by atoms with Gasteiger partial charge in [0.2, 0.25) is 0 Å². The highest BCUT2D eigenvalue weighted by Crippen LogP contribution is 2.21. The fourth-order valence-electron chi connectivity index (χ4n) is 2.14. The van der Waals surface area contributed by atoms with E-state index in [4.69, 9.17) is 0 Å². The van der Waals surface area contributed by atoms with E-state index in [0.29, 0.717) is 0 Å². The second kappa shape index (κ2) is 6.81. The monoisotopic (exact) mass is 274 g/mol. The number of rotatable bonds is 7. The maximum atomic E-state index is 10.8. The molecule has 0 spiro atoms. The lowest BCUT2D eigenvalue weighted by Crippen LogP contribution is -2.25. The first-order chi connectivity index (χ1) is 9.70. The van der Waals surface area contributed by atoms with Crippen molar-refractivity contribution in [3.63, 3.8) is 0 Å². The average Bonchev–Trinajstić information content (AvgIpc) is 2.97. The van der Waals surface area contributed by atoms with Crippen molar-refractivity contribution >= 4 is 5.69 Å². The third kappa shape index (κ3) is 3.64. The molecule has 106 valence electrons. The van der Waals surface area contributed by atoms with E-state index in [0.717, 1.165) is 25.1 Å². The minimum absolute atomic E-state index is 0.116. The lowest BCUT2D eigenvalue weighted by molar-refractivity contribution is -0.384. The Kier molecular flexibility index (Phi) is 4.84. The van der Waals surface area contributed by atoms with E-state index in [-0.39, 0.29) is 16.7 Å². The van der Waals surface area contributed by atoms with Crippen LogP contribution in [0.3, 0.4) is 0 Å². The van der Waals surface area contributed by atoms with Gasteiger partial charge in [0.25, 0.3) is 5.69 Å². The molecule has 1 atom stereocenters. The largest absolute Gasteiger partial charge is 0.308 e. The van der Waals surface area contributed by atoms with E-state index in [1.165, 1.54) is 6.07 Å². The standard InChI is InChI=1S/C14H18N4O2/c1-2-14(15-8-10-17-9-4-7-16-17)12-5-3-6-13(11-12)18(19)20/h3-7,9,11,14-15H,2,8,10H2,1H3. The number of hydrogen-bond donors (Lipinski definition) is 1. The molecule has 1 aromatic carbocycles. The number of non-ortho nitro benzene ring substituents is 1. The summed E-state index contributed by atoms with van der Waals surface area (Å²) in [6, 6.07) is 8.80. The van der Waals surface area contributed by atoms with Gasteiger partial charge in [-0.1, -0.05) is 19.1 Å². The molecule has 0 aliphatic carbocycles. The molecule has 0 aliphatic heterocycles. The summed E-state index contributed by atoms with van der Waals surface area (Å²) in [4.78, 5) is 10.4. The molecule has 0 saturated carbocycles. The van der Waals surface area contributed by atoms with Crippen molar-refractivity contribution in [1.29, 1.82) is 0 Å². The number of hydrogen-bond acceptors (Lipinski definition) is 4. The minimum Gasteiger partial charge on any atom is -0.308 e. The van der Waals surface area contributed by atoms with E-state index in [2.05, 4.69) is 17.3 Å². The van der Waals surface area contributed by atoms with Crippen molar-refractivity contribution in [3.8, 4) is 0 Å². The van der Waals surface area contributed by atoms with E-state index in [1.54, 1.807) is 18.3 Å². The van der Waals surface area contributed by atoms with E-state index in [9.17, 15) is 10.1 Å². The molecule has 1 N–H and O–H groups in total. The zero-order valence-electron chi connectivity index (χ0n) is 11.4. The first-order valence-corrected chi connectivity index (χ1v) is 6.66. The van der Waals surface area contributed by atoms with E-state index >= 15 is 0 Å². The van der Waals surface area contributed by atoms with Gasteiger partial charge >= 0.3 is 0 Å². The summed E-state index contributed by atoms with van der Waals surface area (Å²) in [5.41, 5.74) is 1.08. The zero-order chi connectivity index (χ0) is 14.4. The summed E-state index contributed by atoms with van der Waals surface area (Å²) in [7, 11) is 0. The van der Waals surface area contributed by atoms with Gasteiger partial charge in [0.1, 0.15) is 0 Å². The predicted molar refractivity (Wildman–Crippen MR) is 76.4 cm³/mol. The van der Waals surface area contributed by atoms with Crippen LogP contribution in [0.1, 0.15) is 24.9 Å². The summed E-state index contributed by atoms with van der Waals surface area (Å²) in [5.74, 6) is 0. The van der Waals surface area contributed by atoms with Gasteiger partial charge < -0.3 is 5.32 Å². The fraction of sp³-hybridized carbons (Fsp3) is 0.357. The second-order valence-electron chi connectivity index (χ2n) is 4.54. The van der Waals surface area contributed by atoms with Crippen molar-refractivity contribution in [2.75, 3.05) is 6.54 Å². The Hall–Kier alpha value is -2.21. The van der Waals surface area contributed by atoms with Crippen molar-refractivity contribution in [1.82, 2.24) is 15.1 Å². The van der Waals surface area contributed by atoms with Crippen LogP contribution in [0.4, 0.5) is 5.69 Å². The zero-order valence-corrected chi connectivity index (χ0v) is 11.4. The average molecular weight is 274 g/mol. The Bertz CT molecular complexity index is 554. The highest BCUT2D eigenvalue weighted by atomic mass is 16.6. The lowest BCUT2D eigenvalue weighted by atomic mass is 10.0. The topological polar surface area (TPSA) is 73.0 Å². The molecule has 0 fully saturated rings. The number of aromatic nitrogens is 2. The Morgan fingerprint density at radius 3 is 2.95 bits per heavy atom. The number of benzene rings is 1. The van der Waals surface area contributed by atoms with Gasteiger partial charge in [-0.25, -0.2) is 0 Å². The number of nitrogens with one attached hydrogen (secondary N) is 1. The molecule has 2 aromatic rings. The predicted octanol–water partition coefficient (Wildman–Crippen LogP) is 2.53. The first kappa shape index (κ1) is 14.2. The molecular weight excluding hydrogens is 256 g/mol. The van der Waals surface area contributed by atoms with Crippen LogP contribution in [0, 0.1) is 10.1 Å². The summed E-state index contributed by atoms with van der Waals surface area (Å²) in [5, 5.41) is 18.4. The third-order valence-electron chi connectivity index (χ3n) is 3.18. The lowest BCUT2D eigenvalue weighted by Gasteiger charge is -2.17. The highest BCUT2D eigenvalue weighted by molar-refractivity contribution is 5.35. The number of nitrogens with zero attached hydrogens (tertiary/aromatic N) is 3. The van der Waals surface area contributed by atoms with Gasteiger partial charge in [-0.3, -0.25) is 14.8 Å². The first-order valence-electron chi connectivity index (χ1n) is 6.66. The molecule has 0 bridgehead atoms. The van der Waals surface area contributed by atoms with Crippen molar-refractivity contribution in [3.05, 3.63) is 58.4 Å². The molecule has 6 heteroatoms. The smallest absolute Gasteiger partial charge is 0.269 e. The Labute approximate surface area is 117 Å². The number of nitro groups is 1. The molecule has 0 aliphatic rings. The van der Waals surface area contributed by atoms with Crippen molar-refractivity contribution in [2.24, 2.45) is 0 Å². The molecule has 1 unspecified atom stereocenters. The molecule has 0 amide bonds. The Morgan fingerprint density at radius 1 is 1.45 bits per heavy atom. The molecular formula is C14H18N4O2. The maximum absolute atomic E-state index is 10.8. The van der Waals surface area contributed by atoms with Gasteiger partial charge in [0, 0.05) is 37.1 Å². The highest BCUT2D eigenvalue weighted by Gasteiger charge is 2.12. The van der Waals surface area contributed by atoms with Crippen LogP contribution in [0.25, 0.3) is 0 Å². The molecule has 0 saturated heterocycles. The van der Waals surface area contributed by atoms with Crippen molar-refractivity contribution in [2.45, 2.75) is 25.9 Å². The SMILES string of the molecule is CCC(NCCn1cccn1)c1cccc([N+](=O)[O-])c1. The van der Waals surface area contributed by atoms with E-state index < -0.39 is 0 Å². The van der Waals surface area contributed by atoms with Gasteiger partial charge in [-0.05, 0) is 18.1 Å². The summed E-state index contributed by atoms with van der Waals surface area (Å²) < 4.78 is 1.85. The van der Waals surface area contributed by atoms with E-state index in [1.807, 2.05) is 23.0 Å². The Morgan fingerprint density at radius 2 is 2.30 bits per heavy atom. The maximum Gasteiger partial charge on any atom is 0.269 e. The molecule has 20 heavy (non-hydrogen) atoms.